The van der Waals surface area contributed by atoms with E-state index in [2.05, 4.69) is 11.8 Å². The Hall–Kier alpha value is -1.31. The molecule has 1 rings (SSSR count). The molecule has 0 fully saturated rings. The molecule has 0 aliphatic heterocycles. The fourth-order valence-corrected chi connectivity index (χ4v) is 1.64. The molecule has 0 aliphatic rings. The summed E-state index contributed by atoms with van der Waals surface area (Å²) in [6.45, 7) is 1.46. The maximum Gasteiger partial charge on any atom is 0.404 e. The second kappa shape index (κ2) is 3.60. The minimum absolute atomic E-state index is 0.266. The van der Waals surface area contributed by atoms with Crippen molar-refractivity contribution < 1.29 is 15.0 Å². The lowest BCUT2D eigenvalue weighted by Gasteiger charge is -2.12. The molecule has 4 heteroatoms. The maximum absolute atomic E-state index is 10.7. The summed E-state index contributed by atoms with van der Waals surface area (Å²) < 4.78 is 0. The second-order valence-corrected chi connectivity index (χ2v) is 3.30. The second-order valence-electron chi connectivity index (χ2n) is 2.35. The number of aliphatic hydroxyl groups is 1. The van der Waals surface area contributed by atoms with Gasteiger partial charge in [0.1, 0.15) is 0 Å². The van der Waals surface area contributed by atoms with Crippen LogP contribution in [-0.2, 0) is 15.5 Å². The van der Waals surface area contributed by atoms with Gasteiger partial charge < -0.3 is 5.11 Å². The number of rotatable bonds is 2. The molecule has 0 amide bonds. The van der Waals surface area contributed by atoms with E-state index >= 15 is 0 Å². The van der Waals surface area contributed by atoms with Crippen molar-refractivity contribution in [1.29, 1.82) is 0 Å². The molecule has 0 aromatic carbocycles. The molecule has 1 radical (unpaired) electrons. The lowest BCUT2D eigenvalue weighted by molar-refractivity contribution is -0.159. The highest BCUT2D eigenvalue weighted by Crippen LogP contribution is 2.25. The molecule has 0 bridgehead atoms. The summed E-state index contributed by atoms with van der Waals surface area (Å²) in [7, 11) is 0. The zero-order valence-electron chi connectivity index (χ0n) is 6.90. The van der Waals surface area contributed by atoms with E-state index in [0.29, 0.717) is 0 Å². The summed E-state index contributed by atoms with van der Waals surface area (Å²) in [5, 5.41) is 21.9. The van der Waals surface area contributed by atoms with Gasteiger partial charge in [0, 0.05) is 0 Å². The zero-order valence-corrected chi connectivity index (χ0v) is 7.72. The molecule has 0 saturated carbocycles. The number of hydrogen-bond acceptors (Lipinski definition) is 3. The van der Waals surface area contributed by atoms with Gasteiger partial charge in [0.25, 0.3) is 5.60 Å². The summed E-state index contributed by atoms with van der Waals surface area (Å²) >= 11 is 1.12. The summed E-state index contributed by atoms with van der Waals surface area (Å²) in [6, 6.07) is 3.15. The lowest BCUT2D eigenvalue weighted by Crippen LogP contribution is -2.32. The molecule has 0 saturated heterocycles. The van der Waals surface area contributed by atoms with Gasteiger partial charge in [0.05, 0.1) is 4.88 Å². The molecule has 1 N–H and O–H groups in total. The fourth-order valence-electron chi connectivity index (χ4n) is 0.879. The lowest BCUT2D eigenvalue weighted by atomic mass is 10.0. The third kappa shape index (κ3) is 1.72. The van der Waals surface area contributed by atoms with E-state index in [1.165, 1.54) is 13.0 Å². The average Bonchev–Trinajstić information content (AvgIpc) is 2.56. The van der Waals surface area contributed by atoms with Gasteiger partial charge in [-0.2, -0.15) is 0 Å². The highest BCUT2D eigenvalue weighted by Gasteiger charge is 2.38. The van der Waals surface area contributed by atoms with E-state index in [-0.39, 0.29) is 4.88 Å². The van der Waals surface area contributed by atoms with Gasteiger partial charge in [-0.15, -0.1) is 17.3 Å². The highest BCUT2D eigenvalue weighted by atomic mass is 32.1. The van der Waals surface area contributed by atoms with Gasteiger partial charge >= 0.3 is 5.97 Å². The van der Waals surface area contributed by atoms with E-state index in [0.717, 1.165) is 11.3 Å². The fraction of sp³-hybridized carbons (Fsp3) is 0.222. The predicted molar refractivity (Wildman–Crippen MR) is 47.4 cm³/mol. The molecular weight excluding hydrogens is 188 g/mol. The molecule has 0 aliphatic carbocycles. The van der Waals surface area contributed by atoms with Crippen LogP contribution in [0.1, 0.15) is 11.8 Å². The first-order valence-corrected chi connectivity index (χ1v) is 4.41. The van der Waals surface area contributed by atoms with Crippen molar-refractivity contribution in [3.63, 3.8) is 0 Å². The largest absolute Gasteiger partial charge is 0.404 e. The SMILES string of the molecule is CC#CC(O)(C([O])=O)c1cccs1. The molecule has 3 nitrogen and oxygen atoms in total. The van der Waals surface area contributed by atoms with Crippen LogP contribution >= 0.6 is 11.3 Å². The highest BCUT2D eigenvalue weighted by molar-refractivity contribution is 7.10. The van der Waals surface area contributed by atoms with Crippen LogP contribution in [-0.4, -0.2) is 11.1 Å². The van der Waals surface area contributed by atoms with Gasteiger partial charge in [-0.25, -0.2) is 9.90 Å². The predicted octanol–water partition coefficient (Wildman–Crippen LogP) is 0.916. The van der Waals surface area contributed by atoms with Crippen molar-refractivity contribution in [3.05, 3.63) is 22.4 Å². The topological polar surface area (TPSA) is 57.2 Å². The van der Waals surface area contributed by atoms with Gasteiger partial charge in [0.15, 0.2) is 0 Å². The Kier molecular flexibility index (Phi) is 2.71. The molecule has 13 heavy (non-hydrogen) atoms. The van der Waals surface area contributed by atoms with Crippen molar-refractivity contribution in [2.45, 2.75) is 12.5 Å². The first-order chi connectivity index (χ1) is 6.11. The number of thiophene rings is 1. The van der Waals surface area contributed by atoms with Crippen LogP contribution in [0.3, 0.4) is 0 Å². The quantitative estimate of drug-likeness (QED) is 0.713. The van der Waals surface area contributed by atoms with Gasteiger partial charge in [-0.3, -0.25) is 0 Å². The van der Waals surface area contributed by atoms with Gasteiger partial charge in [-0.05, 0) is 18.4 Å². The van der Waals surface area contributed by atoms with Crippen LogP contribution in [0.2, 0.25) is 0 Å². The van der Waals surface area contributed by atoms with Crippen LogP contribution in [0.5, 0.6) is 0 Å². The first-order valence-electron chi connectivity index (χ1n) is 3.53. The van der Waals surface area contributed by atoms with Crippen molar-refractivity contribution in [2.75, 3.05) is 0 Å². The summed E-state index contributed by atoms with van der Waals surface area (Å²) in [6.07, 6.45) is 0. The number of hydrogen-bond donors (Lipinski definition) is 1. The van der Waals surface area contributed by atoms with Crippen LogP contribution in [0.25, 0.3) is 0 Å². The minimum atomic E-state index is -2.16. The Morgan fingerprint density at radius 2 is 2.38 bits per heavy atom. The minimum Gasteiger partial charge on any atom is -0.364 e. The maximum atomic E-state index is 10.7. The zero-order chi connectivity index (χ0) is 9.90. The number of carbonyl (C=O) groups is 1. The molecule has 1 unspecified atom stereocenters. The van der Waals surface area contributed by atoms with Crippen molar-refractivity contribution in [1.82, 2.24) is 0 Å². The van der Waals surface area contributed by atoms with Gasteiger partial charge in [0.2, 0.25) is 0 Å². The van der Waals surface area contributed by atoms with Crippen molar-refractivity contribution >= 4 is 17.3 Å². The van der Waals surface area contributed by atoms with E-state index in [4.69, 9.17) is 0 Å². The summed E-state index contributed by atoms with van der Waals surface area (Å²) in [5.74, 6) is 2.99. The molecular formula is C9H7O3S. The normalized spacial score (nSPS) is 14.0. The van der Waals surface area contributed by atoms with Crippen LogP contribution in [0.15, 0.2) is 17.5 Å². The third-order valence-corrected chi connectivity index (χ3v) is 2.46. The standard InChI is InChI=1S/C9H7O3S/c1-2-5-9(12,8(10)11)7-4-3-6-13-7/h3-4,6,12H,1H3. The van der Waals surface area contributed by atoms with E-state index in [9.17, 15) is 15.0 Å². The summed E-state index contributed by atoms with van der Waals surface area (Å²) in [4.78, 5) is 10.9. The van der Waals surface area contributed by atoms with E-state index in [1.54, 1.807) is 11.4 Å². The van der Waals surface area contributed by atoms with E-state index in [1.807, 2.05) is 0 Å². The Morgan fingerprint density at radius 3 is 2.77 bits per heavy atom. The van der Waals surface area contributed by atoms with Crippen LogP contribution < -0.4 is 0 Å². The molecule has 67 valence electrons. The molecule has 0 spiro atoms. The molecule has 1 atom stereocenters. The Labute approximate surface area is 79.6 Å². The Morgan fingerprint density at radius 1 is 1.69 bits per heavy atom. The molecule has 1 aromatic heterocycles. The molecule has 1 aromatic rings. The smallest absolute Gasteiger partial charge is 0.364 e. The average molecular weight is 195 g/mol. The Balaban J connectivity index is 3.18. The monoisotopic (exact) mass is 195 g/mol. The van der Waals surface area contributed by atoms with Crippen molar-refractivity contribution in [3.8, 4) is 11.8 Å². The first kappa shape index (κ1) is 9.78. The summed E-state index contributed by atoms with van der Waals surface area (Å²) in [5.41, 5.74) is -2.16. The third-order valence-electron chi connectivity index (χ3n) is 1.48. The van der Waals surface area contributed by atoms with Crippen LogP contribution in [0.4, 0.5) is 0 Å². The van der Waals surface area contributed by atoms with E-state index < -0.39 is 11.6 Å². The molecule has 1 heterocycles. The number of carbonyl (C=O) groups excluding carboxylic acids is 1. The van der Waals surface area contributed by atoms with Crippen molar-refractivity contribution in [2.24, 2.45) is 0 Å². The van der Waals surface area contributed by atoms with Gasteiger partial charge in [-0.1, -0.05) is 12.0 Å². The Bertz CT molecular complexity index is 358. The van der Waals surface area contributed by atoms with Crippen LogP contribution in [0, 0.1) is 11.8 Å².